The van der Waals surface area contributed by atoms with Crippen molar-refractivity contribution in [3.8, 4) is 11.5 Å². The summed E-state index contributed by atoms with van der Waals surface area (Å²) in [4.78, 5) is 40.1. The van der Waals surface area contributed by atoms with E-state index in [1.165, 1.54) is 26.0 Å². The number of hydrogen-bond acceptors (Lipinski definition) is 6. The van der Waals surface area contributed by atoms with E-state index in [4.69, 9.17) is 9.47 Å². The maximum absolute atomic E-state index is 13.4. The molecule has 0 aromatic heterocycles. The molecule has 0 bridgehead atoms. The maximum atomic E-state index is 13.4. The number of thioether (sulfide) groups is 1. The smallest absolute Gasteiger partial charge is 0.272 e. The van der Waals surface area contributed by atoms with Crippen LogP contribution < -0.4 is 25.4 Å². The summed E-state index contributed by atoms with van der Waals surface area (Å²) in [6.45, 7) is 5.79. The molecule has 0 fully saturated rings. The van der Waals surface area contributed by atoms with Gasteiger partial charge in [0.1, 0.15) is 5.70 Å². The van der Waals surface area contributed by atoms with Gasteiger partial charge in [-0.3, -0.25) is 14.4 Å². The summed E-state index contributed by atoms with van der Waals surface area (Å²) in [6, 6.07) is 26.9. The van der Waals surface area contributed by atoms with Gasteiger partial charge in [0, 0.05) is 21.8 Å². The second-order valence-corrected chi connectivity index (χ2v) is 11.4. The van der Waals surface area contributed by atoms with Crippen LogP contribution in [0.15, 0.2) is 102 Å². The van der Waals surface area contributed by atoms with Crippen LogP contribution in [-0.2, 0) is 9.59 Å². The molecule has 4 aromatic rings. The van der Waals surface area contributed by atoms with Crippen molar-refractivity contribution in [2.75, 3.05) is 24.9 Å². The van der Waals surface area contributed by atoms with Gasteiger partial charge >= 0.3 is 0 Å². The average molecular weight is 610 g/mol. The lowest BCUT2D eigenvalue weighted by molar-refractivity contribution is -0.115. The van der Waals surface area contributed by atoms with Gasteiger partial charge in [-0.15, -0.1) is 11.8 Å². The van der Waals surface area contributed by atoms with Crippen molar-refractivity contribution in [1.82, 2.24) is 5.32 Å². The van der Waals surface area contributed by atoms with Gasteiger partial charge in [0.15, 0.2) is 11.5 Å². The molecule has 1 atom stereocenters. The number of para-hydroxylation sites is 1. The molecule has 226 valence electrons. The number of benzene rings is 4. The lowest BCUT2D eigenvalue weighted by Gasteiger charge is -2.16. The third-order valence-electron chi connectivity index (χ3n) is 6.77. The number of carbonyl (C=O) groups is 3. The molecule has 4 rings (SSSR count). The number of hydrogen-bond donors (Lipinski definition) is 3. The fourth-order valence-electron chi connectivity index (χ4n) is 4.36. The SMILES string of the molecule is COc1ccc(/C=C(\NC(=O)c2ccccc2)C(=O)Nc2ccc(SC(C)C(=O)Nc3c(C)cccc3C)cc2)cc1OC. The second kappa shape index (κ2) is 14.9. The number of aryl methyl sites for hydroxylation is 2. The molecule has 44 heavy (non-hydrogen) atoms. The number of carbonyl (C=O) groups excluding carboxylic acids is 3. The van der Waals surface area contributed by atoms with E-state index in [1.807, 2.05) is 57.2 Å². The predicted octanol–water partition coefficient (Wildman–Crippen LogP) is 6.85. The van der Waals surface area contributed by atoms with Crippen molar-refractivity contribution >= 4 is 46.9 Å². The molecule has 0 aliphatic heterocycles. The first-order valence-electron chi connectivity index (χ1n) is 13.9. The Balaban J connectivity index is 1.48. The van der Waals surface area contributed by atoms with Crippen molar-refractivity contribution < 1.29 is 23.9 Å². The van der Waals surface area contributed by atoms with Gasteiger partial charge in [0.25, 0.3) is 11.8 Å². The summed E-state index contributed by atoms with van der Waals surface area (Å²) in [7, 11) is 3.06. The zero-order chi connectivity index (χ0) is 31.6. The summed E-state index contributed by atoms with van der Waals surface area (Å²) in [5, 5.41) is 8.28. The van der Waals surface area contributed by atoms with Crippen LogP contribution in [0.1, 0.15) is 34.0 Å². The molecule has 8 nitrogen and oxygen atoms in total. The van der Waals surface area contributed by atoms with Crippen LogP contribution in [0.25, 0.3) is 6.08 Å². The zero-order valence-electron chi connectivity index (χ0n) is 25.3. The number of nitrogens with one attached hydrogen (secondary N) is 3. The molecule has 0 saturated carbocycles. The Morgan fingerprint density at radius 3 is 2.07 bits per heavy atom. The Bertz CT molecular complexity index is 1650. The van der Waals surface area contributed by atoms with Crippen LogP contribution in [0.5, 0.6) is 11.5 Å². The van der Waals surface area contributed by atoms with E-state index >= 15 is 0 Å². The van der Waals surface area contributed by atoms with Gasteiger partial charge in [-0.05, 0) is 92.1 Å². The lowest BCUT2D eigenvalue weighted by atomic mass is 10.1. The number of rotatable bonds is 11. The lowest BCUT2D eigenvalue weighted by Crippen LogP contribution is -2.30. The quantitative estimate of drug-likeness (QED) is 0.127. The first kappa shape index (κ1) is 31.9. The zero-order valence-corrected chi connectivity index (χ0v) is 26.1. The van der Waals surface area contributed by atoms with Gasteiger partial charge in [-0.1, -0.05) is 42.5 Å². The van der Waals surface area contributed by atoms with Gasteiger partial charge in [0.05, 0.1) is 19.5 Å². The molecule has 0 saturated heterocycles. The predicted molar refractivity (Wildman–Crippen MR) is 176 cm³/mol. The van der Waals surface area contributed by atoms with Gasteiger partial charge in [-0.2, -0.15) is 0 Å². The van der Waals surface area contributed by atoms with Crippen LogP contribution in [0.2, 0.25) is 0 Å². The van der Waals surface area contributed by atoms with Gasteiger partial charge in [-0.25, -0.2) is 0 Å². The molecule has 0 aliphatic rings. The van der Waals surface area contributed by atoms with E-state index in [9.17, 15) is 14.4 Å². The third-order valence-corrected chi connectivity index (χ3v) is 7.88. The highest BCUT2D eigenvalue weighted by molar-refractivity contribution is 8.00. The molecule has 0 radical (unpaired) electrons. The summed E-state index contributed by atoms with van der Waals surface area (Å²) in [5.41, 5.74) is 4.46. The van der Waals surface area contributed by atoms with E-state index in [1.54, 1.807) is 60.7 Å². The minimum atomic E-state index is -0.509. The fourth-order valence-corrected chi connectivity index (χ4v) is 5.23. The van der Waals surface area contributed by atoms with Crippen molar-refractivity contribution in [3.05, 3.63) is 119 Å². The normalized spacial score (nSPS) is 11.7. The van der Waals surface area contributed by atoms with E-state index in [0.717, 1.165) is 21.7 Å². The minimum Gasteiger partial charge on any atom is -0.493 e. The molecule has 0 spiro atoms. The highest BCUT2D eigenvalue weighted by atomic mass is 32.2. The maximum Gasteiger partial charge on any atom is 0.272 e. The molecule has 9 heteroatoms. The van der Waals surface area contributed by atoms with Crippen LogP contribution in [0, 0.1) is 13.8 Å². The molecule has 0 aliphatic carbocycles. The second-order valence-electron chi connectivity index (χ2n) is 9.99. The molecule has 3 N–H and O–H groups in total. The van der Waals surface area contributed by atoms with E-state index < -0.39 is 11.8 Å². The van der Waals surface area contributed by atoms with Crippen molar-refractivity contribution in [2.45, 2.75) is 30.9 Å². The Morgan fingerprint density at radius 2 is 1.43 bits per heavy atom. The van der Waals surface area contributed by atoms with E-state index in [2.05, 4.69) is 16.0 Å². The van der Waals surface area contributed by atoms with Gasteiger partial charge in [0.2, 0.25) is 5.91 Å². The highest BCUT2D eigenvalue weighted by Gasteiger charge is 2.18. The monoisotopic (exact) mass is 609 g/mol. The van der Waals surface area contributed by atoms with Crippen LogP contribution >= 0.6 is 11.8 Å². The van der Waals surface area contributed by atoms with Crippen molar-refractivity contribution in [2.24, 2.45) is 0 Å². The largest absolute Gasteiger partial charge is 0.493 e. The minimum absolute atomic E-state index is 0.0429. The van der Waals surface area contributed by atoms with Crippen LogP contribution in [0.3, 0.4) is 0 Å². The summed E-state index contributed by atoms with van der Waals surface area (Å²) in [6.07, 6.45) is 1.57. The molecular formula is C35H35N3O5S. The topological polar surface area (TPSA) is 106 Å². The average Bonchev–Trinajstić information content (AvgIpc) is 3.03. The third kappa shape index (κ3) is 8.29. The van der Waals surface area contributed by atoms with Crippen molar-refractivity contribution in [1.29, 1.82) is 0 Å². The Labute approximate surface area is 261 Å². The number of anilines is 2. The summed E-state index contributed by atoms with van der Waals surface area (Å²) in [5.74, 6) is 0.00142. The first-order valence-corrected chi connectivity index (χ1v) is 14.8. The van der Waals surface area contributed by atoms with Crippen LogP contribution in [0.4, 0.5) is 11.4 Å². The van der Waals surface area contributed by atoms with Crippen molar-refractivity contribution in [3.63, 3.8) is 0 Å². The van der Waals surface area contributed by atoms with Crippen LogP contribution in [-0.4, -0.2) is 37.2 Å². The number of amides is 3. The molecule has 1 unspecified atom stereocenters. The Kier molecular flexibility index (Phi) is 10.8. The van der Waals surface area contributed by atoms with Gasteiger partial charge < -0.3 is 25.4 Å². The fraction of sp³-hybridized carbons (Fsp3) is 0.171. The molecule has 0 heterocycles. The number of methoxy groups -OCH3 is 2. The Hall–Kier alpha value is -5.02. The summed E-state index contributed by atoms with van der Waals surface area (Å²) >= 11 is 1.42. The molecule has 3 amide bonds. The molecule has 4 aromatic carbocycles. The van der Waals surface area contributed by atoms with E-state index in [0.29, 0.717) is 28.3 Å². The standard InChI is InChI=1S/C35H35N3O5S/c1-22-10-9-11-23(2)32(22)38-33(39)24(3)44-28-17-15-27(16-18-28)36-35(41)29(37-34(40)26-12-7-6-8-13-26)20-25-14-19-30(42-4)31(21-25)43-5/h6-21,24H,1-5H3,(H,36,41)(H,37,40)(H,38,39)/b29-20-. The summed E-state index contributed by atoms with van der Waals surface area (Å²) < 4.78 is 10.7. The number of ether oxygens (including phenoxy) is 2. The Morgan fingerprint density at radius 1 is 0.773 bits per heavy atom. The first-order chi connectivity index (χ1) is 21.2. The molecular weight excluding hydrogens is 574 g/mol. The highest BCUT2D eigenvalue weighted by Crippen LogP contribution is 2.29. The van der Waals surface area contributed by atoms with E-state index in [-0.39, 0.29) is 16.9 Å².